The van der Waals surface area contributed by atoms with Gasteiger partial charge in [-0.1, -0.05) is 18.1 Å². The van der Waals surface area contributed by atoms with Crippen LogP contribution in [0.1, 0.15) is 42.2 Å². The van der Waals surface area contributed by atoms with Gasteiger partial charge in [0.25, 0.3) is 0 Å². The first-order valence-corrected chi connectivity index (χ1v) is 6.94. The molecule has 2 heterocycles. The van der Waals surface area contributed by atoms with Crippen molar-refractivity contribution < 1.29 is 15.0 Å². The van der Waals surface area contributed by atoms with Crippen LogP contribution in [0.25, 0.3) is 11.5 Å². The highest BCUT2D eigenvalue weighted by Crippen LogP contribution is 2.32. The van der Waals surface area contributed by atoms with Crippen LogP contribution >= 0.6 is 0 Å². The molecule has 1 fully saturated rings. The van der Waals surface area contributed by atoms with Gasteiger partial charge in [-0.15, -0.1) is 5.10 Å². The number of hydrogen-bond donors (Lipinski definition) is 2. The first-order chi connectivity index (χ1) is 10.1. The highest BCUT2D eigenvalue weighted by molar-refractivity contribution is 5.91. The predicted octanol–water partition coefficient (Wildman–Crippen LogP) is 0.853. The van der Waals surface area contributed by atoms with E-state index in [-0.39, 0.29) is 11.7 Å². The second-order valence-corrected chi connectivity index (χ2v) is 5.32. The summed E-state index contributed by atoms with van der Waals surface area (Å²) in [6.45, 7) is 0. The fourth-order valence-corrected chi connectivity index (χ4v) is 2.85. The minimum Gasteiger partial charge on any atom is -0.476 e. The molecule has 2 unspecified atom stereocenters. The molecule has 0 aromatic carbocycles. The Hall–Kier alpha value is -2.22. The van der Waals surface area contributed by atoms with E-state index in [4.69, 9.17) is 0 Å². The second kappa shape index (κ2) is 5.28. The summed E-state index contributed by atoms with van der Waals surface area (Å²) in [5, 5.41) is 27.3. The van der Waals surface area contributed by atoms with Crippen molar-refractivity contribution in [2.24, 2.45) is 7.05 Å². The van der Waals surface area contributed by atoms with Gasteiger partial charge in [-0.25, -0.2) is 14.5 Å². The van der Waals surface area contributed by atoms with Crippen LogP contribution in [-0.2, 0) is 7.05 Å². The summed E-state index contributed by atoms with van der Waals surface area (Å²) in [4.78, 5) is 15.6. The Kier molecular flexibility index (Phi) is 3.46. The molecule has 2 aromatic heterocycles. The Labute approximate surface area is 121 Å². The summed E-state index contributed by atoms with van der Waals surface area (Å²) in [7, 11) is 1.78. The van der Waals surface area contributed by atoms with Crippen LogP contribution in [0.3, 0.4) is 0 Å². The molecular weight excluding hydrogens is 274 g/mol. The predicted molar refractivity (Wildman–Crippen MR) is 72.7 cm³/mol. The number of aromatic carboxylic acids is 1. The minimum atomic E-state index is -1.15. The third-order valence-corrected chi connectivity index (χ3v) is 3.94. The van der Waals surface area contributed by atoms with Gasteiger partial charge >= 0.3 is 5.97 Å². The molecule has 1 saturated carbocycles. The molecule has 1 aliphatic carbocycles. The van der Waals surface area contributed by atoms with E-state index in [1.807, 2.05) is 0 Å². The van der Waals surface area contributed by atoms with Gasteiger partial charge in [-0.2, -0.15) is 0 Å². The monoisotopic (exact) mass is 291 g/mol. The molecule has 21 heavy (non-hydrogen) atoms. The largest absolute Gasteiger partial charge is 0.476 e. The normalized spacial score (nSPS) is 22.4. The molecule has 0 spiro atoms. The molecule has 2 aromatic rings. The first kappa shape index (κ1) is 13.7. The van der Waals surface area contributed by atoms with Crippen molar-refractivity contribution in [1.82, 2.24) is 24.5 Å². The molecule has 0 saturated heterocycles. The van der Waals surface area contributed by atoms with Gasteiger partial charge in [0.15, 0.2) is 5.82 Å². The van der Waals surface area contributed by atoms with Crippen molar-refractivity contribution in [3.05, 3.63) is 18.1 Å². The van der Waals surface area contributed by atoms with Crippen LogP contribution in [0.15, 0.2) is 12.4 Å². The van der Waals surface area contributed by atoms with Crippen molar-refractivity contribution in [3.8, 4) is 11.5 Å². The van der Waals surface area contributed by atoms with Crippen molar-refractivity contribution in [2.75, 3.05) is 0 Å². The van der Waals surface area contributed by atoms with Crippen LogP contribution in [0, 0.1) is 0 Å². The standard InChI is InChI=1S/C13H17N5O3/c1-17-7-6-14-12(17)11-10(13(20)21)15-16-18(11)8-4-2-3-5-9(8)19/h6-9,19H,2-5H2,1H3,(H,20,21). The average molecular weight is 291 g/mol. The van der Waals surface area contributed by atoms with Crippen LogP contribution in [0.4, 0.5) is 0 Å². The molecule has 8 heteroatoms. The number of carbonyl (C=O) groups is 1. The third-order valence-electron chi connectivity index (χ3n) is 3.94. The number of aliphatic hydroxyl groups is 1. The quantitative estimate of drug-likeness (QED) is 0.868. The summed E-state index contributed by atoms with van der Waals surface area (Å²) in [5.41, 5.74) is 0.211. The second-order valence-electron chi connectivity index (χ2n) is 5.32. The zero-order chi connectivity index (χ0) is 15.0. The minimum absolute atomic E-state index is 0.137. The maximum atomic E-state index is 11.4. The Morgan fingerprint density at radius 2 is 2.14 bits per heavy atom. The van der Waals surface area contributed by atoms with E-state index >= 15 is 0 Å². The lowest BCUT2D eigenvalue weighted by Gasteiger charge is -2.28. The molecule has 1 aliphatic rings. The molecule has 3 rings (SSSR count). The Morgan fingerprint density at radius 1 is 1.38 bits per heavy atom. The molecule has 0 aliphatic heterocycles. The van der Waals surface area contributed by atoms with Gasteiger partial charge in [-0.3, -0.25) is 0 Å². The molecule has 0 bridgehead atoms. The SMILES string of the molecule is Cn1ccnc1-c1c(C(=O)O)nnn1C1CCCCC1O. The van der Waals surface area contributed by atoms with Gasteiger partial charge in [-0.05, 0) is 12.8 Å². The summed E-state index contributed by atoms with van der Waals surface area (Å²) in [5.74, 6) is -0.667. The van der Waals surface area contributed by atoms with E-state index in [0.717, 1.165) is 19.3 Å². The number of carboxylic acid groups (broad SMARTS) is 1. The van der Waals surface area contributed by atoms with E-state index < -0.39 is 12.1 Å². The van der Waals surface area contributed by atoms with Crippen molar-refractivity contribution in [3.63, 3.8) is 0 Å². The van der Waals surface area contributed by atoms with Crippen molar-refractivity contribution in [2.45, 2.75) is 37.8 Å². The number of imidazole rings is 1. The lowest BCUT2D eigenvalue weighted by Crippen LogP contribution is -2.29. The summed E-state index contributed by atoms with van der Waals surface area (Å²) in [6.07, 6.45) is 6.17. The number of aromatic nitrogens is 5. The number of aliphatic hydroxyl groups excluding tert-OH is 1. The van der Waals surface area contributed by atoms with E-state index in [1.165, 1.54) is 4.68 Å². The van der Waals surface area contributed by atoms with Gasteiger partial charge < -0.3 is 14.8 Å². The van der Waals surface area contributed by atoms with Gasteiger partial charge in [0.05, 0.1) is 12.1 Å². The third kappa shape index (κ3) is 2.31. The van der Waals surface area contributed by atoms with E-state index in [0.29, 0.717) is 17.9 Å². The number of rotatable bonds is 3. The lowest BCUT2D eigenvalue weighted by molar-refractivity contribution is 0.0679. The first-order valence-electron chi connectivity index (χ1n) is 6.94. The molecule has 2 N–H and O–H groups in total. The molecular formula is C13H17N5O3. The van der Waals surface area contributed by atoms with Crippen molar-refractivity contribution >= 4 is 5.97 Å². The van der Waals surface area contributed by atoms with Crippen LogP contribution in [0.2, 0.25) is 0 Å². The van der Waals surface area contributed by atoms with Crippen molar-refractivity contribution in [1.29, 1.82) is 0 Å². The fraction of sp³-hybridized carbons (Fsp3) is 0.538. The Morgan fingerprint density at radius 3 is 2.76 bits per heavy atom. The smallest absolute Gasteiger partial charge is 0.358 e. The Balaban J connectivity index is 2.13. The van der Waals surface area contributed by atoms with Crippen LogP contribution in [0.5, 0.6) is 0 Å². The zero-order valence-corrected chi connectivity index (χ0v) is 11.7. The maximum Gasteiger partial charge on any atom is 0.358 e. The van der Waals surface area contributed by atoms with Gasteiger partial charge in [0.2, 0.25) is 5.69 Å². The Bertz CT molecular complexity index is 663. The number of hydrogen-bond acceptors (Lipinski definition) is 5. The summed E-state index contributed by atoms with van der Waals surface area (Å²) >= 11 is 0. The molecule has 0 amide bonds. The lowest BCUT2D eigenvalue weighted by atomic mass is 9.92. The average Bonchev–Trinajstić information content (AvgIpc) is 3.04. The zero-order valence-electron chi connectivity index (χ0n) is 11.7. The number of nitrogens with zero attached hydrogens (tertiary/aromatic N) is 5. The fourth-order valence-electron chi connectivity index (χ4n) is 2.85. The number of aryl methyl sites for hydroxylation is 1. The molecule has 112 valence electrons. The highest BCUT2D eigenvalue weighted by Gasteiger charge is 2.32. The maximum absolute atomic E-state index is 11.4. The van der Waals surface area contributed by atoms with E-state index in [1.54, 1.807) is 24.0 Å². The van der Waals surface area contributed by atoms with Crippen LogP contribution in [-0.4, -0.2) is 46.8 Å². The molecule has 8 nitrogen and oxygen atoms in total. The highest BCUT2D eigenvalue weighted by atomic mass is 16.4. The topological polar surface area (TPSA) is 106 Å². The van der Waals surface area contributed by atoms with Crippen LogP contribution < -0.4 is 0 Å². The number of carboxylic acids is 1. The molecule has 2 atom stereocenters. The van der Waals surface area contributed by atoms with E-state index in [2.05, 4.69) is 15.3 Å². The summed E-state index contributed by atoms with van der Waals surface area (Å²) in [6, 6.07) is -0.258. The molecule has 0 radical (unpaired) electrons. The van der Waals surface area contributed by atoms with Gasteiger partial charge in [0, 0.05) is 19.4 Å². The van der Waals surface area contributed by atoms with Gasteiger partial charge in [0.1, 0.15) is 5.69 Å². The summed E-state index contributed by atoms with van der Waals surface area (Å²) < 4.78 is 3.24. The van der Waals surface area contributed by atoms with E-state index in [9.17, 15) is 15.0 Å².